The van der Waals surface area contributed by atoms with Crippen LogP contribution >= 0.6 is 0 Å². The predicted octanol–water partition coefficient (Wildman–Crippen LogP) is 3.21. The molecule has 0 aliphatic rings. The van der Waals surface area contributed by atoms with Crippen molar-refractivity contribution in [1.82, 2.24) is 0 Å². The third kappa shape index (κ3) is 3.60. The summed E-state index contributed by atoms with van der Waals surface area (Å²) in [5.74, 6) is 1.55. The van der Waals surface area contributed by atoms with E-state index >= 15 is 0 Å². The molecule has 3 nitrogen and oxygen atoms in total. The lowest BCUT2D eigenvalue weighted by Crippen LogP contribution is -2.14. The lowest BCUT2D eigenvalue weighted by atomic mass is 10.0. The summed E-state index contributed by atoms with van der Waals surface area (Å²) in [6.45, 7) is 6.34. The number of aldehydes is 1. The van der Waals surface area contributed by atoms with Crippen molar-refractivity contribution in [2.24, 2.45) is 0 Å². The Kier molecular flexibility index (Phi) is 5.91. The first-order chi connectivity index (χ1) is 8.63. The molecule has 0 saturated heterocycles. The highest BCUT2D eigenvalue weighted by atomic mass is 28.3. The van der Waals surface area contributed by atoms with Crippen LogP contribution in [0.15, 0.2) is 12.1 Å². The van der Waals surface area contributed by atoms with Gasteiger partial charge < -0.3 is 9.16 Å². The highest BCUT2D eigenvalue weighted by Crippen LogP contribution is 2.33. The van der Waals surface area contributed by atoms with Gasteiger partial charge in [-0.3, -0.25) is 4.79 Å². The molecule has 1 aromatic rings. The number of hydrogen-bond acceptors (Lipinski definition) is 3. The van der Waals surface area contributed by atoms with E-state index in [4.69, 9.17) is 9.16 Å². The third-order valence-electron chi connectivity index (χ3n) is 2.73. The minimum atomic E-state index is -1.25. The third-order valence-corrected chi connectivity index (χ3v) is 3.44. The fourth-order valence-electron chi connectivity index (χ4n) is 1.88. The van der Waals surface area contributed by atoms with E-state index in [0.717, 1.165) is 42.6 Å². The van der Waals surface area contributed by atoms with E-state index in [-0.39, 0.29) is 0 Å². The number of ether oxygens (including phenoxy) is 1. The number of methoxy groups -OCH3 is 1. The van der Waals surface area contributed by atoms with Gasteiger partial charge in [0.1, 0.15) is 11.5 Å². The number of carbonyl (C=O) groups is 1. The standard InChI is InChI=1S/C14H22O3Si/c1-5-6-7-12-13(16-2)9-8-11(10-15)14(12)17-18(3)4/h8-10,18H,5-7H2,1-4H3. The van der Waals surface area contributed by atoms with Crippen molar-refractivity contribution < 1.29 is 14.0 Å². The Morgan fingerprint density at radius 1 is 1.33 bits per heavy atom. The Morgan fingerprint density at radius 2 is 2.06 bits per heavy atom. The van der Waals surface area contributed by atoms with Crippen molar-refractivity contribution in [1.29, 1.82) is 0 Å². The number of unbranched alkanes of at least 4 members (excludes halogenated alkanes) is 1. The van der Waals surface area contributed by atoms with Gasteiger partial charge in [0, 0.05) is 5.56 Å². The van der Waals surface area contributed by atoms with E-state index < -0.39 is 9.04 Å². The quantitative estimate of drug-likeness (QED) is 0.561. The fourth-order valence-corrected chi connectivity index (χ4v) is 2.63. The molecule has 0 spiro atoms. The molecular formula is C14H22O3Si. The highest BCUT2D eigenvalue weighted by Gasteiger charge is 2.16. The van der Waals surface area contributed by atoms with Gasteiger partial charge in [-0.2, -0.15) is 0 Å². The van der Waals surface area contributed by atoms with Crippen LogP contribution in [0.3, 0.4) is 0 Å². The van der Waals surface area contributed by atoms with Crippen molar-refractivity contribution >= 4 is 15.3 Å². The van der Waals surface area contributed by atoms with Crippen LogP contribution in [0.5, 0.6) is 11.5 Å². The normalized spacial score (nSPS) is 10.5. The van der Waals surface area contributed by atoms with Crippen LogP contribution in [0.25, 0.3) is 0 Å². The Hall–Kier alpha value is -1.29. The lowest BCUT2D eigenvalue weighted by molar-refractivity contribution is 0.112. The molecule has 0 aliphatic carbocycles. The molecule has 18 heavy (non-hydrogen) atoms. The maximum absolute atomic E-state index is 11.1. The molecule has 0 heterocycles. The number of rotatable bonds is 7. The molecular weight excluding hydrogens is 244 g/mol. The van der Waals surface area contributed by atoms with Gasteiger partial charge in [0.2, 0.25) is 9.04 Å². The van der Waals surface area contributed by atoms with Crippen molar-refractivity contribution in [2.45, 2.75) is 39.3 Å². The Bertz CT molecular complexity index is 402. The summed E-state index contributed by atoms with van der Waals surface area (Å²) in [6.07, 6.45) is 3.92. The minimum absolute atomic E-state index is 0.628. The molecule has 1 rings (SSSR count). The summed E-state index contributed by atoms with van der Waals surface area (Å²) in [7, 11) is 0.407. The average molecular weight is 266 g/mol. The molecule has 0 fully saturated rings. The molecule has 0 N–H and O–H groups in total. The molecule has 100 valence electrons. The van der Waals surface area contributed by atoms with Crippen molar-refractivity contribution in [3.63, 3.8) is 0 Å². The number of benzene rings is 1. The first-order valence-electron chi connectivity index (χ1n) is 6.45. The molecule has 0 unspecified atom stereocenters. The van der Waals surface area contributed by atoms with Gasteiger partial charge in [-0.25, -0.2) is 0 Å². The Balaban J connectivity index is 3.23. The fraction of sp³-hybridized carbons (Fsp3) is 0.500. The lowest BCUT2D eigenvalue weighted by Gasteiger charge is -2.18. The summed E-state index contributed by atoms with van der Waals surface area (Å²) in [5, 5.41) is 0. The van der Waals surface area contributed by atoms with Crippen LogP contribution in [0.1, 0.15) is 35.7 Å². The summed E-state index contributed by atoms with van der Waals surface area (Å²) >= 11 is 0. The zero-order valence-corrected chi connectivity index (χ0v) is 12.8. The van der Waals surface area contributed by atoms with E-state index in [1.165, 1.54) is 0 Å². The molecule has 0 atom stereocenters. The SMILES string of the molecule is CCCCc1c(OC)ccc(C=O)c1O[SiH](C)C. The Labute approximate surface area is 111 Å². The second-order valence-corrected chi connectivity index (χ2v) is 6.89. The predicted molar refractivity (Wildman–Crippen MR) is 76.5 cm³/mol. The van der Waals surface area contributed by atoms with Crippen LogP contribution in [-0.2, 0) is 6.42 Å². The van der Waals surface area contributed by atoms with Gasteiger partial charge in [0.25, 0.3) is 0 Å². The van der Waals surface area contributed by atoms with Crippen molar-refractivity contribution in [3.05, 3.63) is 23.3 Å². The smallest absolute Gasteiger partial charge is 0.229 e. The van der Waals surface area contributed by atoms with Crippen molar-refractivity contribution in [2.75, 3.05) is 7.11 Å². The van der Waals surface area contributed by atoms with E-state index in [0.29, 0.717) is 5.56 Å². The number of hydrogen-bond donors (Lipinski definition) is 0. The summed E-state index contributed by atoms with van der Waals surface area (Å²) in [4.78, 5) is 11.1. The van der Waals surface area contributed by atoms with Gasteiger partial charge >= 0.3 is 0 Å². The van der Waals surface area contributed by atoms with E-state index in [1.807, 2.05) is 6.07 Å². The first kappa shape index (κ1) is 14.8. The molecule has 0 amide bonds. The van der Waals surface area contributed by atoms with E-state index in [2.05, 4.69) is 20.0 Å². The van der Waals surface area contributed by atoms with Crippen LogP contribution in [0.2, 0.25) is 13.1 Å². The van der Waals surface area contributed by atoms with E-state index in [9.17, 15) is 4.79 Å². The van der Waals surface area contributed by atoms with Crippen LogP contribution in [-0.4, -0.2) is 22.4 Å². The van der Waals surface area contributed by atoms with Gasteiger partial charge in [-0.15, -0.1) is 0 Å². The molecule has 1 aromatic carbocycles. The van der Waals surface area contributed by atoms with E-state index in [1.54, 1.807) is 13.2 Å². The molecule has 0 bridgehead atoms. The monoisotopic (exact) mass is 266 g/mol. The topological polar surface area (TPSA) is 35.5 Å². The van der Waals surface area contributed by atoms with Gasteiger partial charge in [-0.05, 0) is 38.1 Å². The summed E-state index contributed by atoms with van der Waals surface area (Å²) in [5.41, 5.74) is 1.66. The molecule has 0 aromatic heterocycles. The molecule has 4 heteroatoms. The maximum atomic E-state index is 11.1. The minimum Gasteiger partial charge on any atom is -0.546 e. The largest absolute Gasteiger partial charge is 0.546 e. The summed E-state index contributed by atoms with van der Waals surface area (Å²) < 4.78 is 11.3. The van der Waals surface area contributed by atoms with Gasteiger partial charge in [-0.1, -0.05) is 13.3 Å². The van der Waals surface area contributed by atoms with Crippen molar-refractivity contribution in [3.8, 4) is 11.5 Å². The van der Waals surface area contributed by atoms with Crippen LogP contribution in [0, 0.1) is 0 Å². The average Bonchev–Trinajstić information content (AvgIpc) is 2.36. The second kappa shape index (κ2) is 7.21. The number of carbonyl (C=O) groups excluding carboxylic acids is 1. The molecule has 0 radical (unpaired) electrons. The second-order valence-electron chi connectivity index (χ2n) is 4.55. The van der Waals surface area contributed by atoms with Crippen LogP contribution in [0.4, 0.5) is 0 Å². The highest BCUT2D eigenvalue weighted by molar-refractivity contribution is 6.49. The maximum Gasteiger partial charge on any atom is 0.229 e. The van der Waals surface area contributed by atoms with Gasteiger partial charge in [0.05, 0.1) is 12.7 Å². The Morgan fingerprint density at radius 3 is 2.56 bits per heavy atom. The molecule has 0 saturated carbocycles. The molecule has 0 aliphatic heterocycles. The van der Waals surface area contributed by atoms with Gasteiger partial charge in [0.15, 0.2) is 6.29 Å². The zero-order chi connectivity index (χ0) is 13.5. The zero-order valence-electron chi connectivity index (χ0n) is 11.7. The first-order valence-corrected chi connectivity index (χ1v) is 9.23. The van der Waals surface area contributed by atoms with Crippen LogP contribution < -0.4 is 9.16 Å². The summed E-state index contributed by atoms with van der Waals surface area (Å²) in [6, 6.07) is 3.62.